The number of amides is 1. The molecule has 3 aromatic rings. The fourth-order valence-corrected chi connectivity index (χ4v) is 2.71. The fourth-order valence-electron chi connectivity index (χ4n) is 2.71. The Balaban J connectivity index is 1.67. The van der Waals surface area contributed by atoms with Crippen molar-refractivity contribution in [1.29, 1.82) is 0 Å². The van der Waals surface area contributed by atoms with E-state index in [-0.39, 0.29) is 5.91 Å². The van der Waals surface area contributed by atoms with E-state index in [4.69, 9.17) is 9.26 Å². The van der Waals surface area contributed by atoms with Crippen LogP contribution in [0.1, 0.15) is 26.1 Å². The minimum atomic E-state index is 0.133. The van der Waals surface area contributed by atoms with Crippen molar-refractivity contribution in [3.63, 3.8) is 0 Å². The first-order valence-corrected chi connectivity index (χ1v) is 8.70. The summed E-state index contributed by atoms with van der Waals surface area (Å²) in [6.07, 6.45) is 1.10. The second-order valence-corrected chi connectivity index (χ2v) is 6.82. The molecule has 7 nitrogen and oxygen atoms in total. The largest absolute Gasteiger partial charge is 0.497 e. The lowest BCUT2D eigenvalue weighted by Gasteiger charge is -2.17. The highest BCUT2D eigenvalue weighted by Crippen LogP contribution is 2.26. The SMILES string of the molecule is COc1ccc2cc(-c3nc(CCN(C)C(=O)CC(C)C)no3)[nH]c2c1. The van der Waals surface area contributed by atoms with E-state index in [9.17, 15) is 4.79 Å². The number of rotatable bonds is 7. The van der Waals surface area contributed by atoms with E-state index in [1.807, 2.05) is 38.1 Å². The van der Waals surface area contributed by atoms with E-state index in [0.29, 0.717) is 37.0 Å². The molecule has 0 unspecified atom stereocenters. The number of aromatic nitrogens is 3. The Kier molecular flexibility index (Phi) is 5.25. The average molecular weight is 356 g/mol. The van der Waals surface area contributed by atoms with Crippen molar-refractivity contribution < 1.29 is 14.1 Å². The van der Waals surface area contributed by atoms with Crippen LogP contribution in [0.2, 0.25) is 0 Å². The van der Waals surface area contributed by atoms with E-state index in [1.165, 1.54) is 0 Å². The van der Waals surface area contributed by atoms with Gasteiger partial charge in [-0.15, -0.1) is 0 Å². The Morgan fingerprint density at radius 1 is 1.35 bits per heavy atom. The Morgan fingerprint density at radius 3 is 2.88 bits per heavy atom. The highest BCUT2D eigenvalue weighted by molar-refractivity contribution is 5.85. The zero-order valence-corrected chi connectivity index (χ0v) is 15.6. The Morgan fingerprint density at radius 2 is 2.15 bits per heavy atom. The molecule has 0 aliphatic carbocycles. The quantitative estimate of drug-likeness (QED) is 0.702. The van der Waals surface area contributed by atoms with E-state index in [0.717, 1.165) is 22.3 Å². The van der Waals surface area contributed by atoms with Gasteiger partial charge in [0, 0.05) is 43.4 Å². The van der Waals surface area contributed by atoms with E-state index in [1.54, 1.807) is 19.1 Å². The lowest BCUT2D eigenvalue weighted by molar-refractivity contribution is -0.130. The van der Waals surface area contributed by atoms with Crippen LogP contribution in [-0.4, -0.2) is 46.6 Å². The molecule has 2 aromatic heterocycles. The van der Waals surface area contributed by atoms with Gasteiger partial charge in [-0.25, -0.2) is 0 Å². The van der Waals surface area contributed by atoms with Crippen molar-refractivity contribution in [2.75, 3.05) is 20.7 Å². The van der Waals surface area contributed by atoms with Gasteiger partial charge in [-0.2, -0.15) is 4.98 Å². The third-order valence-electron chi connectivity index (χ3n) is 4.21. The van der Waals surface area contributed by atoms with Crippen LogP contribution in [0.3, 0.4) is 0 Å². The number of hydrogen-bond acceptors (Lipinski definition) is 5. The van der Waals surface area contributed by atoms with Crippen molar-refractivity contribution in [2.45, 2.75) is 26.7 Å². The maximum Gasteiger partial charge on any atom is 0.274 e. The number of methoxy groups -OCH3 is 1. The Hall–Kier alpha value is -2.83. The van der Waals surface area contributed by atoms with Crippen molar-refractivity contribution >= 4 is 16.8 Å². The minimum Gasteiger partial charge on any atom is -0.497 e. The predicted molar refractivity (Wildman–Crippen MR) is 98.9 cm³/mol. The molecule has 0 saturated heterocycles. The highest BCUT2D eigenvalue weighted by atomic mass is 16.5. The molecule has 0 bridgehead atoms. The standard InChI is InChI=1S/C19H24N4O3/c1-12(2)9-18(24)23(3)8-7-17-21-19(26-22-17)16-10-13-5-6-14(25-4)11-15(13)20-16/h5-6,10-12,20H,7-9H2,1-4H3. The monoisotopic (exact) mass is 356 g/mol. The van der Waals surface area contributed by atoms with Crippen LogP contribution < -0.4 is 4.74 Å². The summed E-state index contributed by atoms with van der Waals surface area (Å²) in [6, 6.07) is 7.76. The van der Waals surface area contributed by atoms with Crippen LogP contribution in [0, 0.1) is 5.92 Å². The van der Waals surface area contributed by atoms with Gasteiger partial charge in [0.15, 0.2) is 5.82 Å². The summed E-state index contributed by atoms with van der Waals surface area (Å²) in [5.74, 6) is 2.29. The molecule has 3 rings (SSSR count). The zero-order chi connectivity index (χ0) is 18.7. The Labute approximate surface area is 152 Å². The summed E-state index contributed by atoms with van der Waals surface area (Å²) in [4.78, 5) is 21.4. The first-order valence-electron chi connectivity index (χ1n) is 8.70. The van der Waals surface area contributed by atoms with Crippen LogP contribution in [0.5, 0.6) is 5.75 Å². The topological polar surface area (TPSA) is 84.2 Å². The van der Waals surface area contributed by atoms with Crippen LogP contribution >= 0.6 is 0 Å². The van der Waals surface area contributed by atoms with Crippen LogP contribution in [-0.2, 0) is 11.2 Å². The van der Waals surface area contributed by atoms with Gasteiger partial charge in [-0.05, 0) is 24.1 Å². The molecule has 0 spiro atoms. The number of nitrogens with one attached hydrogen (secondary N) is 1. The summed E-state index contributed by atoms with van der Waals surface area (Å²) < 4.78 is 10.6. The molecule has 1 amide bonds. The van der Waals surface area contributed by atoms with Gasteiger partial charge in [0.1, 0.15) is 11.4 Å². The minimum absolute atomic E-state index is 0.133. The molecule has 138 valence electrons. The number of hydrogen-bond donors (Lipinski definition) is 1. The molecule has 0 aliphatic heterocycles. The third-order valence-corrected chi connectivity index (χ3v) is 4.21. The maximum absolute atomic E-state index is 12.0. The molecule has 2 heterocycles. The smallest absolute Gasteiger partial charge is 0.274 e. The van der Waals surface area contributed by atoms with Gasteiger partial charge in [-0.3, -0.25) is 4.79 Å². The number of benzene rings is 1. The number of nitrogens with zero attached hydrogens (tertiary/aromatic N) is 3. The number of ether oxygens (including phenoxy) is 1. The van der Waals surface area contributed by atoms with E-state index < -0.39 is 0 Å². The molecule has 0 fully saturated rings. The lowest BCUT2D eigenvalue weighted by Crippen LogP contribution is -2.29. The van der Waals surface area contributed by atoms with Crippen LogP contribution in [0.15, 0.2) is 28.8 Å². The molecular formula is C19H24N4O3. The van der Waals surface area contributed by atoms with Crippen molar-refractivity contribution in [2.24, 2.45) is 5.92 Å². The van der Waals surface area contributed by atoms with Gasteiger partial charge >= 0.3 is 0 Å². The van der Waals surface area contributed by atoms with Gasteiger partial charge in [0.25, 0.3) is 5.89 Å². The molecule has 0 radical (unpaired) electrons. The van der Waals surface area contributed by atoms with E-state index in [2.05, 4.69) is 15.1 Å². The zero-order valence-electron chi connectivity index (χ0n) is 15.6. The average Bonchev–Trinajstić information content (AvgIpc) is 3.24. The Bertz CT molecular complexity index is 897. The lowest BCUT2D eigenvalue weighted by atomic mass is 10.1. The first-order chi connectivity index (χ1) is 12.5. The number of fused-ring (bicyclic) bond motifs is 1. The van der Waals surface area contributed by atoms with Gasteiger partial charge in [0.05, 0.1) is 7.11 Å². The summed E-state index contributed by atoms with van der Waals surface area (Å²) in [5.41, 5.74) is 1.70. The van der Waals surface area contributed by atoms with Crippen LogP contribution in [0.4, 0.5) is 0 Å². The van der Waals surface area contributed by atoms with Gasteiger partial charge in [0.2, 0.25) is 5.91 Å². The predicted octanol–water partition coefficient (Wildman–Crippen LogP) is 3.27. The summed E-state index contributed by atoms with van der Waals surface area (Å²) in [5, 5.41) is 5.06. The summed E-state index contributed by atoms with van der Waals surface area (Å²) in [7, 11) is 3.44. The molecule has 0 aliphatic rings. The molecule has 1 N–H and O–H groups in total. The van der Waals surface area contributed by atoms with Crippen molar-refractivity contribution in [1.82, 2.24) is 20.0 Å². The molecule has 0 atom stereocenters. The second kappa shape index (κ2) is 7.59. The molecule has 0 saturated carbocycles. The molecule has 7 heteroatoms. The normalized spacial score (nSPS) is 11.3. The molecular weight excluding hydrogens is 332 g/mol. The molecule has 26 heavy (non-hydrogen) atoms. The number of aromatic amines is 1. The summed E-state index contributed by atoms with van der Waals surface area (Å²) in [6.45, 7) is 4.63. The van der Waals surface area contributed by atoms with E-state index >= 15 is 0 Å². The van der Waals surface area contributed by atoms with Gasteiger partial charge in [-0.1, -0.05) is 19.0 Å². The maximum atomic E-state index is 12.0. The van der Waals surface area contributed by atoms with Crippen LogP contribution in [0.25, 0.3) is 22.5 Å². The second-order valence-electron chi connectivity index (χ2n) is 6.82. The van der Waals surface area contributed by atoms with Crippen molar-refractivity contribution in [3.8, 4) is 17.3 Å². The number of carbonyl (C=O) groups excluding carboxylic acids is 1. The number of likely N-dealkylation sites (N-methyl/N-ethyl adjacent to an activating group) is 1. The number of H-pyrrole nitrogens is 1. The molecule has 1 aromatic carbocycles. The summed E-state index contributed by atoms with van der Waals surface area (Å²) >= 11 is 0. The van der Waals surface area contributed by atoms with Crippen molar-refractivity contribution in [3.05, 3.63) is 30.1 Å². The highest BCUT2D eigenvalue weighted by Gasteiger charge is 2.15. The number of carbonyl (C=O) groups is 1. The first kappa shape index (κ1) is 18.0. The third kappa shape index (κ3) is 4.04. The fraction of sp³-hybridized carbons (Fsp3) is 0.421. The van der Waals surface area contributed by atoms with Gasteiger partial charge < -0.3 is 19.1 Å².